The first-order valence-corrected chi connectivity index (χ1v) is 11.3. The molecule has 0 saturated carbocycles. The van der Waals surface area contributed by atoms with E-state index >= 15 is 0 Å². The summed E-state index contributed by atoms with van der Waals surface area (Å²) in [5.41, 5.74) is 1.43. The Morgan fingerprint density at radius 3 is 2.25 bits per heavy atom. The quantitative estimate of drug-likeness (QED) is 0.189. The Labute approximate surface area is 187 Å². The van der Waals surface area contributed by atoms with Crippen molar-refractivity contribution in [2.45, 2.75) is 52.7 Å². The lowest BCUT2D eigenvalue weighted by molar-refractivity contribution is 0.173. The monoisotopic (exact) mass is 525 g/mol. The summed E-state index contributed by atoms with van der Waals surface area (Å²) < 4.78 is 25.5. The Bertz CT molecular complexity index is 700. The van der Waals surface area contributed by atoms with Gasteiger partial charge in [0.15, 0.2) is 5.96 Å². The molecule has 0 bridgehead atoms. The highest BCUT2D eigenvalue weighted by molar-refractivity contribution is 14.0. The van der Waals surface area contributed by atoms with Crippen molar-refractivity contribution in [2.24, 2.45) is 4.99 Å². The van der Waals surface area contributed by atoms with Crippen LogP contribution < -0.4 is 15.4 Å². The van der Waals surface area contributed by atoms with Crippen molar-refractivity contribution < 1.29 is 8.42 Å². The molecular formula is C19H36IN5O2S. The molecule has 0 amide bonds. The molecule has 0 saturated heterocycles. The lowest BCUT2D eigenvalue weighted by Crippen LogP contribution is -2.41. The molecule has 0 atom stereocenters. The van der Waals surface area contributed by atoms with Gasteiger partial charge in [-0.15, -0.1) is 24.0 Å². The predicted octanol–water partition coefficient (Wildman–Crippen LogP) is 2.85. The van der Waals surface area contributed by atoms with Gasteiger partial charge in [-0.3, -0.25) is 14.6 Å². The van der Waals surface area contributed by atoms with Gasteiger partial charge in [0.05, 0.1) is 11.9 Å². The summed E-state index contributed by atoms with van der Waals surface area (Å²) >= 11 is 0. The molecule has 0 radical (unpaired) electrons. The second-order valence-corrected chi connectivity index (χ2v) is 8.91. The molecule has 0 heterocycles. The molecular weight excluding hydrogens is 489 g/mol. The SMILES string of the molecule is CN=C(NCCCN(C(C)C)C(C)C)NCc1ccccc1NS(C)(=O)=O.I. The van der Waals surface area contributed by atoms with Gasteiger partial charge in [0.2, 0.25) is 10.0 Å². The van der Waals surface area contributed by atoms with Crippen molar-refractivity contribution in [3.63, 3.8) is 0 Å². The molecule has 0 aliphatic carbocycles. The Kier molecular flexibility index (Phi) is 12.7. The number of nitrogens with one attached hydrogen (secondary N) is 3. The normalized spacial score (nSPS) is 12.2. The molecule has 28 heavy (non-hydrogen) atoms. The lowest BCUT2D eigenvalue weighted by atomic mass is 10.2. The molecule has 162 valence electrons. The molecule has 0 aromatic heterocycles. The topological polar surface area (TPSA) is 85.8 Å². The number of halogens is 1. The molecule has 0 unspecified atom stereocenters. The van der Waals surface area contributed by atoms with Crippen LogP contribution in [0, 0.1) is 0 Å². The number of sulfonamides is 1. The fourth-order valence-electron chi connectivity index (χ4n) is 2.95. The van der Waals surface area contributed by atoms with Gasteiger partial charge >= 0.3 is 0 Å². The minimum atomic E-state index is -3.31. The minimum Gasteiger partial charge on any atom is -0.356 e. The zero-order chi connectivity index (χ0) is 20.4. The largest absolute Gasteiger partial charge is 0.356 e. The van der Waals surface area contributed by atoms with E-state index < -0.39 is 10.0 Å². The fourth-order valence-corrected chi connectivity index (χ4v) is 3.55. The van der Waals surface area contributed by atoms with Crippen molar-refractivity contribution in [1.29, 1.82) is 0 Å². The summed E-state index contributed by atoms with van der Waals surface area (Å²) in [6.07, 6.45) is 2.17. The van der Waals surface area contributed by atoms with Crippen molar-refractivity contribution >= 4 is 45.6 Å². The van der Waals surface area contributed by atoms with Gasteiger partial charge in [0.1, 0.15) is 0 Å². The van der Waals surface area contributed by atoms with E-state index in [1.54, 1.807) is 19.2 Å². The Hall–Kier alpha value is -1.07. The van der Waals surface area contributed by atoms with E-state index in [0.717, 1.165) is 31.3 Å². The van der Waals surface area contributed by atoms with E-state index in [1.807, 2.05) is 12.1 Å². The first-order valence-electron chi connectivity index (χ1n) is 9.40. The molecule has 0 spiro atoms. The Balaban J connectivity index is 0.00000729. The molecule has 1 aromatic rings. The van der Waals surface area contributed by atoms with Crippen LogP contribution in [0.3, 0.4) is 0 Å². The maximum absolute atomic E-state index is 11.5. The Morgan fingerprint density at radius 2 is 1.71 bits per heavy atom. The molecule has 7 nitrogen and oxygen atoms in total. The second kappa shape index (κ2) is 13.2. The molecule has 1 rings (SSSR count). The number of anilines is 1. The highest BCUT2D eigenvalue weighted by Crippen LogP contribution is 2.15. The first-order chi connectivity index (χ1) is 12.6. The maximum atomic E-state index is 11.5. The summed E-state index contributed by atoms with van der Waals surface area (Å²) in [5.74, 6) is 0.699. The lowest BCUT2D eigenvalue weighted by Gasteiger charge is -2.30. The summed E-state index contributed by atoms with van der Waals surface area (Å²) in [4.78, 5) is 6.70. The maximum Gasteiger partial charge on any atom is 0.229 e. The summed E-state index contributed by atoms with van der Waals surface area (Å²) in [6.45, 7) is 11.2. The average Bonchev–Trinajstić information content (AvgIpc) is 2.56. The van der Waals surface area contributed by atoms with Gasteiger partial charge < -0.3 is 10.6 Å². The standard InChI is InChI=1S/C19H35N5O2S.HI/c1-15(2)24(16(3)4)13-9-12-21-19(20-5)22-14-17-10-7-8-11-18(17)23-27(6,25)26;/h7-8,10-11,15-16,23H,9,12-14H2,1-6H3,(H2,20,21,22);1H. The highest BCUT2D eigenvalue weighted by atomic mass is 127. The average molecular weight is 526 g/mol. The highest BCUT2D eigenvalue weighted by Gasteiger charge is 2.12. The fraction of sp³-hybridized carbons (Fsp3) is 0.632. The number of rotatable bonds is 10. The van der Waals surface area contributed by atoms with E-state index in [1.165, 1.54) is 0 Å². The molecule has 0 aliphatic rings. The van der Waals surface area contributed by atoms with Crippen molar-refractivity contribution in [3.8, 4) is 0 Å². The second-order valence-electron chi connectivity index (χ2n) is 7.16. The molecule has 1 aromatic carbocycles. The third-order valence-corrected chi connectivity index (χ3v) is 4.79. The predicted molar refractivity (Wildman–Crippen MR) is 130 cm³/mol. The number of hydrogen-bond donors (Lipinski definition) is 3. The van der Waals surface area contributed by atoms with Crippen LogP contribution in [0.5, 0.6) is 0 Å². The van der Waals surface area contributed by atoms with Crippen molar-refractivity contribution in [1.82, 2.24) is 15.5 Å². The third-order valence-electron chi connectivity index (χ3n) is 4.19. The van der Waals surface area contributed by atoms with Gasteiger partial charge in [-0.05, 0) is 45.7 Å². The Morgan fingerprint density at radius 1 is 1.11 bits per heavy atom. The summed E-state index contributed by atoms with van der Waals surface area (Å²) in [7, 11) is -1.59. The van der Waals surface area contributed by atoms with Gasteiger partial charge in [-0.1, -0.05) is 18.2 Å². The number of nitrogens with zero attached hydrogens (tertiary/aromatic N) is 2. The van der Waals surface area contributed by atoms with Crippen LogP contribution in [0.2, 0.25) is 0 Å². The van der Waals surface area contributed by atoms with Crippen LogP contribution in [-0.2, 0) is 16.6 Å². The zero-order valence-corrected chi connectivity index (χ0v) is 21.0. The zero-order valence-electron chi connectivity index (χ0n) is 17.8. The number of hydrogen-bond acceptors (Lipinski definition) is 4. The van der Waals surface area contributed by atoms with Crippen LogP contribution in [0.1, 0.15) is 39.7 Å². The summed E-state index contributed by atoms with van der Waals surface area (Å²) in [5, 5.41) is 6.55. The van der Waals surface area contributed by atoms with Crippen LogP contribution >= 0.6 is 24.0 Å². The van der Waals surface area contributed by atoms with Crippen molar-refractivity contribution in [3.05, 3.63) is 29.8 Å². The van der Waals surface area contributed by atoms with Crippen LogP contribution in [0.25, 0.3) is 0 Å². The van der Waals surface area contributed by atoms with E-state index in [9.17, 15) is 8.42 Å². The van der Waals surface area contributed by atoms with Gasteiger partial charge in [0.25, 0.3) is 0 Å². The van der Waals surface area contributed by atoms with E-state index in [4.69, 9.17) is 0 Å². The smallest absolute Gasteiger partial charge is 0.229 e. The van der Waals surface area contributed by atoms with Crippen molar-refractivity contribution in [2.75, 3.05) is 31.1 Å². The number of benzene rings is 1. The number of aliphatic imine (C=N–C) groups is 1. The molecule has 9 heteroatoms. The van der Waals surface area contributed by atoms with Gasteiger partial charge in [-0.2, -0.15) is 0 Å². The third kappa shape index (κ3) is 10.5. The van der Waals surface area contributed by atoms with Gasteiger partial charge in [0, 0.05) is 38.8 Å². The van der Waals surface area contributed by atoms with E-state index in [-0.39, 0.29) is 24.0 Å². The minimum absolute atomic E-state index is 0. The van der Waals surface area contributed by atoms with Crippen LogP contribution in [-0.4, -0.2) is 57.8 Å². The molecule has 3 N–H and O–H groups in total. The summed E-state index contributed by atoms with van der Waals surface area (Å²) in [6, 6.07) is 8.38. The van der Waals surface area contributed by atoms with E-state index in [2.05, 4.69) is 52.9 Å². The van der Waals surface area contributed by atoms with Crippen LogP contribution in [0.4, 0.5) is 5.69 Å². The number of para-hydroxylation sites is 1. The first kappa shape index (κ1) is 26.9. The van der Waals surface area contributed by atoms with Gasteiger partial charge in [-0.25, -0.2) is 8.42 Å². The molecule has 0 fully saturated rings. The van der Waals surface area contributed by atoms with Crippen LogP contribution in [0.15, 0.2) is 29.3 Å². The van der Waals surface area contributed by atoms with E-state index in [0.29, 0.717) is 30.3 Å². The number of guanidine groups is 1. The molecule has 0 aliphatic heterocycles.